The number of aromatic nitrogens is 2. The van der Waals surface area contributed by atoms with Gasteiger partial charge in [-0.2, -0.15) is 0 Å². The molecule has 1 saturated heterocycles. The molecular weight excluding hydrogens is 372 g/mol. The zero-order chi connectivity index (χ0) is 19.7. The highest BCUT2D eigenvalue weighted by molar-refractivity contribution is 6.34. The summed E-state index contributed by atoms with van der Waals surface area (Å²) in [5.41, 5.74) is 3.91. The number of halogens is 1. The highest BCUT2D eigenvalue weighted by atomic mass is 35.5. The second-order valence-corrected chi connectivity index (χ2v) is 8.09. The van der Waals surface area contributed by atoms with Gasteiger partial charge < -0.3 is 14.4 Å². The van der Waals surface area contributed by atoms with Crippen LogP contribution in [0, 0.1) is 5.92 Å². The maximum absolute atomic E-state index is 12.2. The van der Waals surface area contributed by atoms with E-state index in [2.05, 4.69) is 32.7 Å². The zero-order valence-electron chi connectivity index (χ0n) is 16.3. The molecule has 2 aromatic carbocycles. The van der Waals surface area contributed by atoms with Crippen LogP contribution in [0.1, 0.15) is 23.2 Å². The first kappa shape index (κ1) is 18.8. The largest absolute Gasteiger partial charge is 0.371 e. The molecule has 4 rings (SSSR count). The number of hydrogen-bond donors (Lipinski definition) is 0. The Morgan fingerprint density at radius 2 is 1.93 bits per heavy atom. The van der Waals surface area contributed by atoms with E-state index in [9.17, 15) is 4.79 Å². The Kier molecular flexibility index (Phi) is 5.27. The van der Waals surface area contributed by atoms with Crippen LogP contribution in [0.15, 0.2) is 48.8 Å². The Bertz CT molecular complexity index is 989. The number of benzene rings is 2. The second kappa shape index (κ2) is 7.84. The lowest BCUT2D eigenvalue weighted by Gasteiger charge is -2.34. The van der Waals surface area contributed by atoms with Crippen LogP contribution in [0.4, 0.5) is 5.69 Å². The molecule has 1 aliphatic heterocycles. The summed E-state index contributed by atoms with van der Waals surface area (Å²) in [7, 11) is 3.47. The van der Waals surface area contributed by atoms with Crippen molar-refractivity contribution in [3.05, 3.63) is 59.4 Å². The molecule has 3 aromatic rings. The Labute approximate surface area is 170 Å². The SMILES string of the molecule is CN(C)C(=O)c1ccc(N2CCC(Cn3cnc4ccccc43)CC2)cc1Cl. The van der Waals surface area contributed by atoms with Crippen molar-refractivity contribution < 1.29 is 4.79 Å². The molecule has 1 fully saturated rings. The van der Waals surface area contributed by atoms with Gasteiger partial charge in [-0.05, 0) is 49.1 Å². The summed E-state index contributed by atoms with van der Waals surface area (Å²) < 4.78 is 2.27. The van der Waals surface area contributed by atoms with Crippen LogP contribution in [0.5, 0.6) is 0 Å². The first-order valence-corrected chi connectivity index (χ1v) is 10.1. The van der Waals surface area contributed by atoms with Crippen molar-refractivity contribution >= 4 is 34.2 Å². The monoisotopic (exact) mass is 396 g/mol. The van der Waals surface area contributed by atoms with Gasteiger partial charge in [0.1, 0.15) is 0 Å². The molecule has 0 spiro atoms. The summed E-state index contributed by atoms with van der Waals surface area (Å²) in [5.74, 6) is 0.571. The van der Waals surface area contributed by atoms with Crippen molar-refractivity contribution in [1.29, 1.82) is 0 Å². The summed E-state index contributed by atoms with van der Waals surface area (Å²) in [6.07, 6.45) is 4.21. The summed E-state index contributed by atoms with van der Waals surface area (Å²) in [6.45, 7) is 2.99. The predicted molar refractivity (Wildman–Crippen MR) is 114 cm³/mol. The summed E-state index contributed by atoms with van der Waals surface area (Å²) >= 11 is 6.38. The minimum absolute atomic E-state index is 0.0668. The predicted octanol–water partition coefficient (Wildman–Crippen LogP) is 4.31. The first-order chi connectivity index (χ1) is 13.5. The Morgan fingerprint density at radius 1 is 1.18 bits per heavy atom. The topological polar surface area (TPSA) is 41.4 Å². The van der Waals surface area contributed by atoms with E-state index in [4.69, 9.17) is 11.6 Å². The maximum Gasteiger partial charge on any atom is 0.254 e. The average Bonchev–Trinajstić information content (AvgIpc) is 3.11. The highest BCUT2D eigenvalue weighted by Gasteiger charge is 2.22. The molecule has 0 atom stereocenters. The fraction of sp³-hybridized carbons (Fsp3) is 0.364. The van der Waals surface area contributed by atoms with E-state index >= 15 is 0 Å². The number of carbonyl (C=O) groups is 1. The van der Waals surface area contributed by atoms with Crippen molar-refractivity contribution in [2.24, 2.45) is 5.92 Å². The fourth-order valence-corrected chi connectivity index (χ4v) is 4.18. The number of carbonyl (C=O) groups excluding carboxylic acids is 1. The molecule has 2 heterocycles. The minimum atomic E-state index is -0.0668. The first-order valence-electron chi connectivity index (χ1n) is 9.69. The average molecular weight is 397 g/mol. The molecule has 6 heteroatoms. The number of anilines is 1. The third kappa shape index (κ3) is 3.72. The molecule has 0 aliphatic carbocycles. The fourth-order valence-electron chi connectivity index (χ4n) is 3.92. The second-order valence-electron chi connectivity index (χ2n) is 7.68. The van der Waals surface area contributed by atoms with Crippen LogP contribution in [0.2, 0.25) is 5.02 Å². The van der Waals surface area contributed by atoms with E-state index in [0.29, 0.717) is 16.5 Å². The van der Waals surface area contributed by atoms with E-state index in [1.165, 1.54) is 5.52 Å². The lowest BCUT2D eigenvalue weighted by Crippen LogP contribution is -2.35. The molecule has 1 aromatic heterocycles. The van der Waals surface area contributed by atoms with Crippen molar-refractivity contribution in [3.63, 3.8) is 0 Å². The van der Waals surface area contributed by atoms with Gasteiger partial charge in [0.05, 0.1) is 27.9 Å². The molecule has 146 valence electrons. The molecule has 1 amide bonds. The van der Waals surface area contributed by atoms with E-state index in [0.717, 1.165) is 43.7 Å². The standard InChI is InChI=1S/C22H25ClN4O/c1-25(2)22(28)18-8-7-17(13-19(18)23)26-11-9-16(10-12-26)14-27-15-24-20-5-3-4-6-21(20)27/h3-8,13,15-16H,9-12,14H2,1-2H3. The third-order valence-electron chi connectivity index (χ3n) is 5.55. The molecule has 0 N–H and O–H groups in total. The Balaban J connectivity index is 1.40. The smallest absolute Gasteiger partial charge is 0.254 e. The number of piperidine rings is 1. The van der Waals surface area contributed by atoms with Crippen LogP contribution in [-0.4, -0.2) is 47.5 Å². The Hall–Kier alpha value is -2.53. The molecule has 28 heavy (non-hydrogen) atoms. The lowest BCUT2D eigenvalue weighted by molar-refractivity contribution is 0.0828. The summed E-state index contributed by atoms with van der Waals surface area (Å²) in [6, 6.07) is 14.1. The molecule has 0 saturated carbocycles. The van der Waals surface area contributed by atoms with Gasteiger partial charge in [0, 0.05) is 39.4 Å². The van der Waals surface area contributed by atoms with Crippen LogP contribution >= 0.6 is 11.6 Å². The lowest BCUT2D eigenvalue weighted by atomic mass is 9.96. The summed E-state index contributed by atoms with van der Waals surface area (Å²) in [4.78, 5) is 20.6. The van der Waals surface area contributed by atoms with Gasteiger partial charge in [0.15, 0.2) is 0 Å². The number of fused-ring (bicyclic) bond motifs is 1. The molecule has 5 nitrogen and oxygen atoms in total. The van der Waals surface area contributed by atoms with Crippen LogP contribution in [0.25, 0.3) is 11.0 Å². The van der Waals surface area contributed by atoms with E-state index in [1.807, 2.05) is 30.6 Å². The maximum atomic E-state index is 12.2. The number of rotatable bonds is 4. The Morgan fingerprint density at radius 3 is 2.64 bits per heavy atom. The van der Waals surface area contributed by atoms with Gasteiger partial charge in [-0.25, -0.2) is 4.98 Å². The third-order valence-corrected chi connectivity index (χ3v) is 5.86. The molecule has 1 aliphatic rings. The van der Waals surface area contributed by atoms with Crippen LogP contribution in [0.3, 0.4) is 0 Å². The number of nitrogens with zero attached hydrogens (tertiary/aromatic N) is 4. The molecule has 0 bridgehead atoms. The van der Waals surface area contributed by atoms with Crippen molar-refractivity contribution in [2.75, 3.05) is 32.1 Å². The van der Waals surface area contributed by atoms with E-state index < -0.39 is 0 Å². The number of amides is 1. The van der Waals surface area contributed by atoms with Gasteiger partial charge in [0.2, 0.25) is 0 Å². The van der Waals surface area contributed by atoms with Crippen LogP contribution in [-0.2, 0) is 6.54 Å². The highest BCUT2D eigenvalue weighted by Crippen LogP contribution is 2.29. The zero-order valence-corrected chi connectivity index (χ0v) is 17.1. The van der Waals surface area contributed by atoms with Gasteiger partial charge in [-0.1, -0.05) is 23.7 Å². The van der Waals surface area contributed by atoms with Gasteiger partial charge in [0.25, 0.3) is 5.91 Å². The molecule has 0 unspecified atom stereocenters. The van der Waals surface area contributed by atoms with E-state index in [-0.39, 0.29) is 5.91 Å². The number of para-hydroxylation sites is 2. The quantitative estimate of drug-likeness (QED) is 0.659. The van der Waals surface area contributed by atoms with Crippen molar-refractivity contribution in [1.82, 2.24) is 14.5 Å². The van der Waals surface area contributed by atoms with E-state index in [1.54, 1.807) is 19.0 Å². The normalized spacial score (nSPS) is 15.2. The van der Waals surface area contributed by atoms with Gasteiger partial charge >= 0.3 is 0 Å². The van der Waals surface area contributed by atoms with Gasteiger partial charge in [-0.3, -0.25) is 4.79 Å². The molecule has 0 radical (unpaired) electrons. The number of hydrogen-bond acceptors (Lipinski definition) is 3. The summed E-state index contributed by atoms with van der Waals surface area (Å²) in [5, 5.41) is 0.517. The van der Waals surface area contributed by atoms with Crippen molar-refractivity contribution in [3.8, 4) is 0 Å². The number of imidazole rings is 1. The van der Waals surface area contributed by atoms with Crippen molar-refractivity contribution in [2.45, 2.75) is 19.4 Å². The minimum Gasteiger partial charge on any atom is -0.371 e. The van der Waals surface area contributed by atoms with Gasteiger partial charge in [-0.15, -0.1) is 0 Å². The van der Waals surface area contributed by atoms with Crippen LogP contribution < -0.4 is 4.90 Å². The molecular formula is C22H25ClN4O.